The van der Waals surface area contributed by atoms with Crippen LogP contribution in [0.2, 0.25) is 0 Å². The van der Waals surface area contributed by atoms with Gasteiger partial charge < -0.3 is 9.64 Å². The van der Waals surface area contributed by atoms with Crippen molar-refractivity contribution in [2.24, 2.45) is 0 Å². The van der Waals surface area contributed by atoms with Crippen molar-refractivity contribution in [3.05, 3.63) is 42.0 Å². The number of unbranched alkanes of at least 4 members (excludes halogenated alkanes) is 2. The number of rotatable bonds is 10. The zero-order valence-electron chi connectivity index (χ0n) is 16.0. The van der Waals surface area contributed by atoms with Crippen LogP contribution >= 0.6 is 0 Å². The van der Waals surface area contributed by atoms with Crippen LogP contribution in [0.5, 0.6) is 5.75 Å². The summed E-state index contributed by atoms with van der Waals surface area (Å²) in [6.45, 7) is 9.15. The zero-order valence-corrected chi connectivity index (χ0v) is 16.0. The Morgan fingerprint density at radius 1 is 0.880 bits per heavy atom. The molecule has 0 saturated carbocycles. The lowest BCUT2D eigenvalue weighted by Crippen LogP contribution is -2.32. The van der Waals surface area contributed by atoms with Gasteiger partial charge in [0.15, 0.2) is 0 Å². The number of benzene rings is 2. The quantitative estimate of drug-likeness (QED) is 0.334. The van der Waals surface area contributed by atoms with E-state index in [-0.39, 0.29) is 0 Å². The number of fused-ring (bicyclic) bond motifs is 1. The van der Waals surface area contributed by atoms with Crippen LogP contribution in [0.15, 0.2) is 36.4 Å². The molecule has 25 heavy (non-hydrogen) atoms. The molecule has 0 aliphatic carbocycles. The molecular formula is C22H32N2O. The maximum absolute atomic E-state index is 8.72. The molecule has 2 aromatic carbocycles. The molecule has 0 heterocycles. The smallest absolute Gasteiger partial charge is 0.128 e. The fraction of sp³-hybridized carbons (Fsp3) is 0.500. The molecule has 2 aromatic rings. The lowest BCUT2D eigenvalue weighted by molar-refractivity contribution is 0.310. The SMILES string of the molecule is CCCCCOc1ccc(C(=N)N(CCC)CCC)c2ccccc12. The summed E-state index contributed by atoms with van der Waals surface area (Å²) in [6.07, 6.45) is 5.59. The van der Waals surface area contributed by atoms with Crippen LogP contribution in [-0.4, -0.2) is 30.4 Å². The highest BCUT2D eigenvalue weighted by Gasteiger charge is 2.15. The second-order valence-corrected chi connectivity index (χ2v) is 6.55. The molecule has 0 aromatic heterocycles. The molecule has 1 N–H and O–H groups in total. The molecule has 0 amide bonds. The Morgan fingerprint density at radius 2 is 1.56 bits per heavy atom. The molecule has 0 aliphatic rings. The van der Waals surface area contributed by atoms with Crippen LogP contribution in [0.3, 0.4) is 0 Å². The topological polar surface area (TPSA) is 36.3 Å². The Labute approximate surface area is 152 Å². The first-order valence-corrected chi connectivity index (χ1v) is 9.71. The molecule has 0 spiro atoms. The predicted octanol–water partition coefficient (Wildman–Crippen LogP) is 5.86. The third-order valence-electron chi connectivity index (χ3n) is 4.45. The van der Waals surface area contributed by atoms with Crippen molar-refractivity contribution >= 4 is 16.6 Å². The number of amidine groups is 1. The third kappa shape index (κ3) is 4.97. The second-order valence-electron chi connectivity index (χ2n) is 6.55. The van der Waals surface area contributed by atoms with Crippen molar-refractivity contribution < 1.29 is 4.74 Å². The van der Waals surface area contributed by atoms with Gasteiger partial charge in [-0.1, -0.05) is 57.9 Å². The minimum atomic E-state index is 0.623. The molecular weight excluding hydrogens is 308 g/mol. The van der Waals surface area contributed by atoms with Crippen LogP contribution in [-0.2, 0) is 0 Å². The van der Waals surface area contributed by atoms with Crippen molar-refractivity contribution in [1.29, 1.82) is 5.41 Å². The number of hydrogen-bond donors (Lipinski definition) is 1. The Kier molecular flexibility index (Phi) is 7.77. The number of hydrogen-bond acceptors (Lipinski definition) is 2. The van der Waals surface area contributed by atoms with Gasteiger partial charge in [0.2, 0.25) is 0 Å². The van der Waals surface area contributed by atoms with Gasteiger partial charge in [-0.3, -0.25) is 5.41 Å². The van der Waals surface area contributed by atoms with Gasteiger partial charge in [0.25, 0.3) is 0 Å². The molecule has 3 heteroatoms. The summed E-state index contributed by atoms with van der Waals surface area (Å²) >= 11 is 0. The first-order valence-electron chi connectivity index (χ1n) is 9.71. The fourth-order valence-electron chi connectivity index (χ4n) is 3.18. The van der Waals surface area contributed by atoms with E-state index in [1.165, 1.54) is 12.8 Å². The predicted molar refractivity (Wildman–Crippen MR) is 108 cm³/mol. The highest BCUT2D eigenvalue weighted by atomic mass is 16.5. The van der Waals surface area contributed by atoms with Gasteiger partial charge in [-0.25, -0.2) is 0 Å². The number of nitrogens with one attached hydrogen (secondary N) is 1. The summed E-state index contributed by atoms with van der Waals surface area (Å²) in [7, 11) is 0. The van der Waals surface area contributed by atoms with E-state index in [2.05, 4.69) is 43.9 Å². The first kappa shape index (κ1) is 19.3. The van der Waals surface area contributed by atoms with Gasteiger partial charge in [-0.05, 0) is 36.8 Å². The Hall–Kier alpha value is -2.03. The standard InChI is InChI=1S/C22H32N2O/c1-4-7-10-17-25-21-14-13-20(18-11-8-9-12-19(18)21)22(23)24(15-5-2)16-6-3/h8-9,11-14,23H,4-7,10,15-17H2,1-3H3. The van der Waals surface area contributed by atoms with E-state index in [1.54, 1.807) is 0 Å². The molecule has 0 saturated heterocycles. The molecule has 2 rings (SSSR count). The highest BCUT2D eigenvalue weighted by molar-refractivity contribution is 6.09. The lowest BCUT2D eigenvalue weighted by atomic mass is 10.0. The van der Waals surface area contributed by atoms with Gasteiger partial charge in [-0.15, -0.1) is 0 Å². The summed E-state index contributed by atoms with van der Waals surface area (Å²) < 4.78 is 6.03. The molecule has 0 unspecified atom stereocenters. The van der Waals surface area contributed by atoms with Crippen LogP contribution in [0.25, 0.3) is 10.8 Å². The van der Waals surface area contributed by atoms with Crippen LogP contribution < -0.4 is 4.74 Å². The van der Waals surface area contributed by atoms with Gasteiger partial charge in [-0.2, -0.15) is 0 Å². The van der Waals surface area contributed by atoms with Crippen LogP contribution in [0.4, 0.5) is 0 Å². The van der Waals surface area contributed by atoms with E-state index >= 15 is 0 Å². The summed E-state index contributed by atoms with van der Waals surface area (Å²) in [6, 6.07) is 12.4. The van der Waals surface area contributed by atoms with Crippen LogP contribution in [0.1, 0.15) is 58.4 Å². The zero-order chi connectivity index (χ0) is 18.1. The summed E-state index contributed by atoms with van der Waals surface area (Å²) in [5.41, 5.74) is 0.999. The fourth-order valence-corrected chi connectivity index (χ4v) is 3.18. The molecule has 136 valence electrons. The van der Waals surface area contributed by atoms with Crippen molar-refractivity contribution in [3.8, 4) is 5.75 Å². The number of nitrogens with zero attached hydrogens (tertiary/aromatic N) is 1. The lowest BCUT2D eigenvalue weighted by Gasteiger charge is -2.25. The largest absolute Gasteiger partial charge is 0.493 e. The van der Waals surface area contributed by atoms with Gasteiger partial charge >= 0.3 is 0 Å². The van der Waals surface area contributed by atoms with Crippen molar-refractivity contribution in [1.82, 2.24) is 4.90 Å². The average molecular weight is 341 g/mol. The van der Waals surface area contributed by atoms with E-state index < -0.39 is 0 Å². The summed E-state index contributed by atoms with van der Waals surface area (Å²) in [4.78, 5) is 2.18. The highest BCUT2D eigenvalue weighted by Crippen LogP contribution is 2.29. The maximum Gasteiger partial charge on any atom is 0.128 e. The molecule has 0 radical (unpaired) electrons. The molecule has 0 aliphatic heterocycles. The molecule has 0 atom stereocenters. The van der Waals surface area contributed by atoms with Crippen molar-refractivity contribution in [2.75, 3.05) is 19.7 Å². The average Bonchev–Trinajstić information content (AvgIpc) is 2.64. The Morgan fingerprint density at radius 3 is 2.20 bits per heavy atom. The Bertz CT molecular complexity index is 675. The number of ether oxygens (including phenoxy) is 1. The van der Waals surface area contributed by atoms with Crippen molar-refractivity contribution in [3.63, 3.8) is 0 Å². The minimum absolute atomic E-state index is 0.623. The van der Waals surface area contributed by atoms with Crippen LogP contribution in [0, 0.1) is 5.41 Å². The Balaban J connectivity index is 2.31. The molecule has 3 nitrogen and oxygen atoms in total. The van der Waals surface area contributed by atoms with E-state index in [0.29, 0.717) is 5.84 Å². The minimum Gasteiger partial charge on any atom is -0.493 e. The van der Waals surface area contributed by atoms with Gasteiger partial charge in [0.1, 0.15) is 11.6 Å². The normalized spacial score (nSPS) is 10.8. The maximum atomic E-state index is 8.72. The van der Waals surface area contributed by atoms with E-state index in [1.807, 2.05) is 18.2 Å². The molecule has 0 fully saturated rings. The first-order chi connectivity index (χ1) is 12.2. The molecule has 0 bridgehead atoms. The summed E-state index contributed by atoms with van der Waals surface area (Å²) in [5.74, 6) is 1.55. The monoisotopic (exact) mass is 340 g/mol. The van der Waals surface area contributed by atoms with E-state index in [4.69, 9.17) is 10.1 Å². The van der Waals surface area contributed by atoms with Gasteiger partial charge in [0, 0.05) is 24.0 Å². The summed E-state index contributed by atoms with van der Waals surface area (Å²) in [5, 5.41) is 10.9. The third-order valence-corrected chi connectivity index (χ3v) is 4.45. The van der Waals surface area contributed by atoms with Crippen molar-refractivity contribution in [2.45, 2.75) is 52.9 Å². The van der Waals surface area contributed by atoms with E-state index in [9.17, 15) is 0 Å². The van der Waals surface area contributed by atoms with E-state index in [0.717, 1.165) is 61.0 Å². The second kappa shape index (κ2) is 10.1. The van der Waals surface area contributed by atoms with Gasteiger partial charge in [0.05, 0.1) is 6.61 Å².